The Morgan fingerprint density at radius 2 is 2.03 bits per heavy atom. The summed E-state index contributed by atoms with van der Waals surface area (Å²) in [5, 5.41) is 7.41. The largest absolute Gasteiger partial charge is 0.433 e. The fourth-order valence-corrected chi connectivity index (χ4v) is 6.46. The average molecular weight is 423 g/mol. The highest BCUT2D eigenvalue weighted by molar-refractivity contribution is 6.32. The summed E-state index contributed by atoms with van der Waals surface area (Å²) >= 11 is 6.04. The van der Waals surface area contributed by atoms with Gasteiger partial charge in [-0.15, -0.1) is 0 Å². The quantitative estimate of drug-likeness (QED) is 0.772. The average Bonchev–Trinajstić information content (AvgIpc) is 3.18. The first-order valence-corrected chi connectivity index (χ1v) is 10.2. The predicted molar refractivity (Wildman–Crippen MR) is 102 cm³/mol. The molecule has 2 atom stereocenters. The lowest BCUT2D eigenvalue weighted by Gasteiger charge is -2.60. The van der Waals surface area contributed by atoms with Crippen molar-refractivity contribution in [2.75, 3.05) is 5.32 Å². The molecule has 4 fully saturated rings. The smallest absolute Gasteiger partial charge is 0.387 e. The minimum Gasteiger partial charge on any atom is -0.433 e. The molecule has 1 aromatic carbocycles. The van der Waals surface area contributed by atoms with Crippen LogP contribution in [-0.4, -0.2) is 27.3 Å². The number of anilines is 1. The predicted octanol–water partition coefficient (Wildman–Crippen LogP) is 4.47. The number of ether oxygens (including phenoxy) is 1. The maximum Gasteiger partial charge on any atom is 0.387 e. The molecule has 0 saturated heterocycles. The van der Waals surface area contributed by atoms with Gasteiger partial charge >= 0.3 is 6.61 Å². The fourth-order valence-electron chi connectivity index (χ4n) is 6.23. The van der Waals surface area contributed by atoms with Gasteiger partial charge in [0.25, 0.3) is 0 Å². The van der Waals surface area contributed by atoms with Gasteiger partial charge in [0, 0.05) is 5.69 Å². The van der Waals surface area contributed by atoms with Gasteiger partial charge in [-0.1, -0.05) is 11.6 Å². The van der Waals surface area contributed by atoms with Crippen LogP contribution in [0.3, 0.4) is 0 Å². The van der Waals surface area contributed by atoms with Gasteiger partial charge in [-0.25, -0.2) is 9.67 Å². The molecule has 0 aliphatic heterocycles. The van der Waals surface area contributed by atoms with Gasteiger partial charge in [-0.05, 0) is 68.6 Å². The third kappa shape index (κ3) is 3.17. The number of alkyl halides is 2. The number of halogens is 3. The molecule has 154 valence electrons. The Labute approximate surface area is 171 Å². The Morgan fingerprint density at radius 1 is 1.28 bits per heavy atom. The van der Waals surface area contributed by atoms with Crippen molar-refractivity contribution in [3.05, 3.63) is 35.9 Å². The van der Waals surface area contributed by atoms with E-state index in [1.165, 1.54) is 18.2 Å². The zero-order valence-corrected chi connectivity index (χ0v) is 16.4. The van der Waals surface area contributed by atoms with E-state index < -0.39 is 12.0 Å². The summed E-state index contributed by atoms with van der Waals surface area (Å²) in [7, 11) is 0. The lowest BCUT2D eigenvalue weighted by atomic mass is 9.46. The van der Waals surface area contributed by atoms with Gasteiger partial charge in [-0.3, -0.25) is 4.79 Å². The Hall–Kier alpha value is -2.22. The molecule has 1 amide bonds. The van der Waals surface area contributed by atoms with Crippen LogP contribution in [0, 0.1) is 17.3 Å². The highest BCUT2D eigenvalue weighted by Gasteiger charge is 2.61. The highest BCUT2D eigenvalue weighted by Crippen LogP contribution is 2.64. The molecular formula is C20H21ClF2N4O2. The van der Waals surface area contributed by atoms with Crippen molar-refractivity contribution in [1.29, 1.82) is 0 Å². The number of rotatable bonds is 5. The second kappa shape index (κ2) is 6.65. The lowest BCUT2D eigenvalue weighted by Crippen LogP contribution is -2.60. The van der Waals surface area contributed by atoms with E-state index in [4.69, 9.17) is 11.6 Å². The number of hydrogen-bond donors (Lipinski definition) is 1. The molecule has 4 saturated carbocycles. The highest BCUT2D eigenvalue weighted by atomic mass is 35.5. The SMILES string of the molecule is O=C(Nc1ccc(OC(F)F)c(Cl)c1)C12C[C@@H]3C[C@@H](C1)CC(n1cncn1)(C3)C2. The number of benzene rings is 1. The Bertz CT molecular complexity index is 923. The summed E-state index contributed by atoms with van der Waals surface area (Å²) in [4.78, 5) is 17.5. The monoisotopic (exact) mass is 422 g/mol. The molecule has 0 unspecified atom stereocenters. The van der Waals surface area contributed by atoms with Crippen LogP contribution in [-0.2, 0) is 10.3 Å². The van der Waals surface area contributed by atoms with E-state index in [1.807, 2.05) is 4.68 Å². The van der Waals surface area contributed by atoms with Crippen molar-refractivity contribution in [1.82, 2.24) is 14.8 Å². The number of nitrogens with one attached hydrogen (secondary N) is 1. The zero-order chi connectivity index (χ0) is 20.2. The van der Waals surface area contributed by atoms with Gasteiger partial charge in [-0.2, -0.15) is 13.9 Å². The normalized spacial score (nSPS) is 32.6. The Balaban J connectivity index is 1.39. The van der Waals surface area contributed by atoms with Crippen molar-refractivity contribution in [3.8, 4) is 5.75 Å². The van der Waals surface area contributed by atoms with E-state index in [0.717, 1.165) is 38.5 Å². The number of nitrogens with zero attached hydrogens (tertiary/aromatic N) is 3. The first-order chi connectivity index (χ1) is 13.9. The molecule has 0 spiro atoms. The van der Waals surface area contributed by atoms with Crippen molar-refractivity contribution < 1.29 is 18.3 Å². The molecule has 6 nitrogen and oxygen atoms in total. The first kappa shape index (κ1) is 18.8. The van der Waals surface area contributed by atoms with Crippen LogP contribution < -0.4 is 10.1 Å². The number of aromatic nitrogens is 3. The van der Waals surface area contributed by atoms with Crippen LogP contribution in [0.4, 0.5) is 14.5 Å². The maximum atomic E-state index is 13.4. The number of amides is 1. The minimum atomic E-state index is -2.95. The molecule has 29 heavy (non-hydrogen) atoms. The van der Waals surface area contributed by atoms with Gasteiger partial charge < -0.3 is 10.1 Å². The minimum absolute atomic E-state index is 0.0327. The topological polar surface area (TPSA) is 69.0 Å². The molecule has 4 aliphatic carbocycles. The molecule has 1 heterocycles. The number of carbonyl (C=O) groups excluding carboxylic acids is 1. The van der Waals surface area contributed by atoms with Crippen LogP contribution in [0.15, 0.2) is 30.9 Å². The summed E-state index contributed by atoms with van der Waals surface area (Å²) in [6.45, 7) is -2.95. The molecule has 0 radical (unpaired) electrons. The molecule has 1 N–H and O–H groups in total. The van der Waals surface area contributed by atoms with Gasteiger partial charge in [0.2, 0.25) is 5.91 Å². The zero-order valence-electron chi connectivity index (χ0n) is 15.7. The van der Waals surface area contributed by atoms with Gasteiger partial charge in [0.1, 0.15) is 18.4 Å². The van der Waals surface area contributed by atoms with Crippen LogP contribution in [0.1, 0.15) is 38.5 Å². The van der Waals surface area contributed by atoms with Crippen LogP contribution >= 0.6 is 11.6 Å². The van der Waals surface area contributed by atoms with Crippen molar-refractivity contribution in [3.63, 3.8) is 0 Å². The number of carbonyl (C=O) groups is 1. The molecule has 9 heteroatoms. The summed E-state index contributed by atoms with van der Waals surface area (Å²) < 4.78 is 31.2. The molecular weight excluding hydrogens is 402 g/mol. The second-order valence-corrected chi connectivity index (χ2v) is 9.19. The van der Waals surface area contributed by atoms with Crippen LogP contribution in [0.2, 0.25) is 5.02 Å². The fraction of sp³-hybridized carbons (Fsp3) is 0.550. The lowest BCUT2D eigenvalue weighted by molar-refractivity contribution is -0.150. The van der Waals surface area contributed by atoms with Crippen LogP contribution in [0.25, 0.3) is 0 Å². The van der Waals surface area contributed by atoms with Gasteiger partial charge in [0.15, 0.2) is 0 Å². The Kier molecular flexibility index (Phi) is 4.31. The molecule has 2 aromatic rings. The summed E-state index contributed by atoms with van der Waals surface area (Å²) in [5.74, 6) is 0.850. The van der Waals surface area contributed by atoms with E-state index in [0.29, 0.717) is 17.5 Å². The molecule has 4 aliphatic rings. The summed E-state index contributed by atoms with van der Waals surface area (Å²) in [6.07, 6.45) is 9.02. The second-order valence-electron chi connectivity index (χ2n) is 8.78. The molecule has 4 bridgehead atoms. The van der Waals surface area contributed by atoms with E-state index in [9.17, 15) is 13.6 Å². The standard InChI is InChI=1S/C20H21ClF2N4O2/c21-15-4-14(1-2-16(15)29-18(22)23)26-17(28)19-5-12-3-13(6-19)8-20(7-12,9-19)27-11-24-10-25-27/h1-2,4,10-13,18H,3,5-9H2,(H,26,28)/t12-,13-,19?,20?/m0/s1. The van der Waals surface area contributed by atoms with Crippen molar-refractivity contribution >= 4 is 23.2 Å². The van der Waals surface area contributed by atoms with E-state index in [-0.39, 0.29) is 22.2 Å². The summed E-state index contributed by atoms with van der Waals surface area (Å²) in [6, 6.07) is 4.33. The third-order valence-electron chi connectivity index (χ3n) is 6.82. The van der Waals surface area contributed by atoms with E-state index in [1.54, 1.807) is 12.7 Å². The summed E-state index contributed by atoms with van der Waals surface area (Å²) in [5.41, 5.74) is -0.127. The first-order valence-electron chi connectivity index (χ1n) is 9.78. The van der Waals surface area contributed by atoms with Crippen molar-refractivity contribution in [2.24, 2.45) is 17.3 Å². The van der Waals surface area contributed by atoms with Gasteiger partial charge in [0.05, 0.1) is 16.0 Å². The number of hydrogen-bond acceptors (Lipinski definition) is 4. The Morgan fingerprint density at radius 3 is 2.66 bits per heavy atom. The molecule has 6 rings (SSSR count). The van der Waals surface area contributed by atoms with Crippen LogP contribution in [0.5, 0.6) is 5.75 Å². The van der Waals surface area contributed by atoms with E-state index in [2.05, 4.69) is 20.1 Å². The third-order valence-corrected chi connectivity index (χ3v) is 7.12. The van der Waals surface area contributed by atoms with Crippen molar-refractivity contribution in [2.45, 2.75) is 50.7 Å². The molecule has 1 aromatic heterocycles. The van der Waals surface area contributed by atoms with E-state index >= 15 is 0 Å². The maximum absolute atomic E-state index is 13.4.